The summed E-state index contributed by atoms with van der Waals surface area (Å²) in [7, 11) is 3.31. The van der Waals surface area contributed by atoms with E-state index in [9.17, 15) is 9.59 Å². The molecule has 0 aliphatic carbocycles. The van der Waals surface area contributed by atoms with Crippen LogP contribution >= 0.6 is 11.3 Å². The number of morpholine rings is 1. The first-order valence-electron chi connectivity index (χ1n) is 12.9. The molecule has 11 heteroatoms. The fourth-order valence-corrected chi connectivity index (χ4v) is 5.55. The Morgan fingerprint density at radius 1 is 1.18 bits per heavy atom. The molecule has 0 saturated carbocycles. The van der Waals surface area contributed by atoms with Crippen molar-refractivity contribution in [3.63, 3.8) is 0 Å². The van der Waals surface area contributed by atoms with Crippen molar-refractivity contribution in [1.29, 1.82) is 0 Å². The van der Waals surface area contributed by atoms with Crippen LogP contribution < -0.4 is 15.5 Å². The minimum Gasteiger partial charge on any atom is -0.383 e. The Kier molecular flexibility index (Phi) is 9.04. The van der Waals surface area contributed by atoms with Gasteiger partial charge in [-0.1, -0.05) is 6.07 Å². The number of carbonyl (C=O) groups is 2. The van der Waals surface area contributed by atoms with E-state index in [1.54, 1.807) is 25.7 Å². The van der Waals surface area contributed by atoms with E-state index in [1.807, 2.05) is 12.1 Å². The van der Waals surface area contributed by atoms with Crippen molar-refractivity contribution in [3.05, 3.63) is 40.4 Å². The second-order valence-corrected chi connectivity index (χ2v) is 11.5. The van der Waals surface area contributed by atoms with Crippen LogP contribution in [0.2, 0.25) is 0 Å². The van der Waals surface area contributed by atoms with E-state index in [-0.39, 0.29) is 23.0 Å². The highest BCUT2D eigenvalue weighted by atomic mass is 32.1. The number of aromatic nitrogens is 1. The van der Waals surface area contributed by atoms with Crippen molar-refractivity contribution in [2.45, 2.75) is 44.9 Å². The number of amides is 2. The number of nitrogens with one attached hydrogen (secondary N) is 2. The lowest BCUT2D eigenvalue weighted by Crippen LogP contribution is -2.52. The van der Waals surface area contributed by atoms with Gasteiger partial charge in [0.1, 0.15) is 5.69 Å². The zero-order valence-electron chi connectivity index (χ0n) is 23.0. The molecule has 1 atom stereocenters. The van der Waals surface area contributed by atoms with Crippen LogP contribution in [-0.4, -0.2) is 93.1 Å². The summed E-state index contributed by atoms with van der Waals surface area (Å²) in [6.07, 6.45) is 0.903. The number of nitrogens with zero attached hydrogens (tertiary/aromatic N) is 3. The molecule has 2 aromatic rings. The van der Waals surface area contributed by atoms with E-state index in [4.69, 9.17) is 14.2 Å². The van der Waals surface area contributed by atoms with Gasteiger partial charge in [0.15, 0.2) is 5.13 Å². The van der Waals surface area contributed by atoms with Crippen molar-refractivity contribution in [1.82, 2.24) is 15.2 Å². The predicted octanol–water partition coefficient (Wildman–Crippen LogP) is 3.00. The van der Waals surface area contributed by atoms with Gasteiger partial charge in [-0.25, -0.2) is 4.98 Å². The summed E-state index contributed by atoms with van der Waals surface area (Å²) in [6, 6.07) is 5.60. The third-order valence-corrected chi connectivity index (χ3v) is 8.18. The summed E-state index contributed by atoms with van der Waals surface area (Å²) < 4.78 is 16.3. The normalized spacial score (nSPS) is 21.4. The van der Waals surface area contributed by atoms with Crippen LogP contribution in [0.3, 0.4) is 0 Å². The summed E-state index contributed by atoms with van der Waals surface area (Å²) in [5, 5.41) is 8.33. The van der Waals surface area contributed by atoms with Crippen LogP contribution in [0.1, 0.15) is 53.6 Å². The maximum absolute atomic E-state index is 13.2. The summed E-state index contributed by atoms with van der Waals surface area (Å²) in [6.45, 7) is 11.5. The standard InChI is InChI=1S/C27H39N5O5S/c1-26(2)18-37-13-11-32(26)15-19-6-7-21(20(14-19)23(33)28-9-12-35-4)29-24(34)22-16-38-25(30-22)31-10-8-27(3,17-31)36-5/h6-7,14,16H,8-13,15,17-18H2,1-5H3,(H,28,33)(H,29,34). The van der Waals surface area contributed by atoms with Crippen LogP contribution in [0.15, 0.2) is 23.6 Å². The molecule has 0 radical (unpaired) electrons. The molecule has 2 amide bonds. The highest BCUT2D eigenvalue weighted by Crippen LogP contribution is 2.31. The Hall–Kier alpha value is -2.57. The predicted molar refractivity (Wildman–Crippen MR) is 148 cm³/mol. The monoisotopic (exact) mass is 545 g/mol. The second kappa shape index (κ2) is 12.1. The molecule has 10 nitrogen and oxygen atoms in total. The molecule has 0 bridgehead atoms. The van der Waals surface area contributed by atoms with Crippen LogP contribution in [0.4, 0.5) is 10.8 Å². The molecule has 4 rings (SSSR count). The molecule has 2 saturated heterocycles. The lowest BCUT2D eigenvalue weighted by molar-refractivity contribution is -0.0552. The van der Waals surface area contributed by atoms with Crippen LogP contribution in [0, 0.1) is 0 Å². The van der Waals surface area contributed by atoms with E-state index < -0.39 is 0 Å². The third kappa shape index (κ3) is 6.70. The van der Waals surface area contributed by atoms with Gasteiger partial charge < -0.3 is 29.7 Å². The molecule has 208 valence electrons. The molecule has 1 unspecified atom stereocenters. The van der Waals surface area contributed by atoms with Crippen LogP contribution in [-0.2, 0) is 20.8 Å². The number of ether oxygens (including phenoxy) is 3. The first kappa shape index (κ1) is 28.4. The van der Waals surface area contributed by atoms with Crippen molar-refractivity contribution >= 4 is 34.0 Å². The summed E-state index contributed by atoms with van der Waals surface area (Å²) in [5.74, 6) is -0.621. The van der Waals surface area contributed by atoms with Gasteiger partial charge in [-0.3, -0.25) is 14.5 Å². The highest BCUT2D eigenvalue weighted by molar-refractivity contribution is 7.14. The molecule has 2 fully saturated rings. The lowest BCUT2D eigenvalue weighted by Gasteiger charge is -2.42. The molecular formula is C27H39N5O5S. The molecule has 3 heterocycles. The van der Waals surface area contributed by atoms with Gasteiger partial charge in [0, 0.05) is 57.9 Å². The molecule has 1 aromatic carbocycles. The number of hydrogen-bond acceptors (Lipinski definition) is 9. The van der Waals surface area contributed by atoms with Gasteiger partial charge in [0.25, 0.3) is 11.8 Å². The van der Waals surface area contributed by atoms with Gasteiger partial charge in [0.2, 0.25) is 0 Å². The minimum atomic E-state index is -0.353. The van der Waals surface area contributed by atoms with E-state index in [0.29, 0.717) is 49.9 Å². The van der Waals surface area contributed by atoms with Crippen molar-refractivity contribution in [3.8, 4) is 0 Å². The van der Waals surface area contributed by atoms with Gasteiger partial charge in [0.05, 0.1) is 36.7 Å². The Morgan fingerprint density at radius 2 is 2.00 bits per heavy atom. The van der Waals surface area contributed by atoms with Gasteiger partial charge >= 0.3 is 0 Å². The molecule has 38 heavy (non-hydrogen) atoms. The van der Waals surface area contributed by atoms with Crippen molar-refractivity contribution in [2.75, 3.05) is 70.4 Å². The summed E-state index contributed by atoms with van der Waals surface area (Å²) >= 11 is 1.43. The fraction of sp³-hybridized carbons (Fsp3) is 0.593. The number of rotatable bonds is 10. The minimum absolute atomic E-state index is 0.107. The molecule has 2 aliphatic heterocycles. The van der Waals surface area contributed by atoms with Gasteiger partial charge in [-0.2, -0.15) is 0 Å². The number of methoxy groups -OCH3 is 2. The van der Waals surface area contributed by atoms with E-state index >= 15 is 0 Å². The maximum Gasteiger partial charge on any atom is 0.275 e. The zero-order chi connectivity index (χ0) is 27.3. The molecular weight excluding hydrogens is 506 g/mol. The number of thiazole rings is 1. The number of benzene rings is 1. The van der Waals surface area contributed by atoms with Gasteiger partial charge in [-0.05, 0) is 44.9 Å². The van der Waals surface area contributed by atoms with E-state index in [2.05, 4.69) is 46.2 Å². The number of hydrogen-bond donors (Lipinski definition) is 2. The second-order valence-electron chi connectivity index (χ2n) is 10.7. The Morgan fingerprint density at radius 3 is 2.71 bits per heavy atom. The van der Waals surface area contributed by atoms with Crippen LogP contribution in [0.25, 0.3) is 0 Å². The average Bonchev–Trinajstić information content (AvgIpc) is 3.54. The SMILES string of the molecule is COCCNC(=O)c1cc(CN2CCOCC2(C)C)ccc1NC(=O)c1csc(N2CCC(C)(OC)C2)n1. The molecule has 2 N–H and O–H groups in total. The topological polar surface area (TPSA) is 105 Å². The Bertz CT molecular complexity index is 1140. The molecule has 2 aliphatic rings. The smallest absolute Gasteiger partial charge is 0.275 e. The summed E-state index contributed by atoms with van der Waals surface area (Å²) in [5.41, 5.74) is 1.84. The quantitative estimate of drug-likeness (QED) is 0.439. The third-order valence-electron chi connectivity index (χ3n) is 7.28. The number of carbonyl (C=O) groups excluding carboxylic acids is 2. The maximum atomic E-state index is 13.2. The molecule has 1 aromatic heterocycles. The Balaban J connectivity index is 1.51. The van der Waals surface area contributed by atoms with E-state index in [1.165, 1.54) is 11.3 Å². The number of anilines is 2. The first-order chi connectivity index (χ1) is 18.1. The first-order valence-corrected chi connectivity index (χ1v) is 13.8. The highest BCUT2D eigenvalue weighted by Gasteiger charge is 2.35. The zero-order valence-corrected chi connectivity index (χ0v) is 23.8. The van der Waals surface area contributed by atoms with Crippen molar-refractivity contribution < 1.29 is 23.8 Å². The van der Waals surface area contributed by atoms with Crippen LogP contribution in [0.5, 0.6) is 0 Å². The van der Waals surface area contributed by atoms with Crippen molar-refractivity contribution in [2.24, 2.45) is 0 Å². The average molecular weight is 546 g/mol. The fourth-order valence-electron chi connectivity index (χ4n) is 4.72. The lowest BCUT2D eigenvalue weighted by atomic mass is 10.00. The largest absolute Gasteiger partial charge is 0.383 e. The van der Waals surface area contributed by atoms with Gasteiger partial charge in [-0.15, -0.1) is 11.3 Å². The molecule has 0 spiro atoms. The Labute approximate surface area is 228 Å². The summed E-state index contributed by atoms with van der Waals surface area (Å²) in [4.78, 5) is 35.3. The van der Waals surface area contributed by atoms with E-state index in [0.717, 1.165) is 36.8 Å².